The Kier molecular flexibility index (Phi) is 9.37. The molecule has 0 spiro atoms. The Balaban J connectivity index is 0.000000151. The van der Waals surface area contributed by atoms with E-state index in [1.54, 1.807) is 47.8 Å². The quantitative estimate of drug-likeness (QED) is 0.152. The summed E-state index contributed by atoms with van der Waals surface area (Å²) in [5.41, 5.74) is 4.69. The molecule has 10 rings (SSSR count). The van der Waals surface area contributed by atoms with Crippen molar-refractivity contribution in [1.29, 1.82) is 0 Å². The molecule has 0 fully saturated rings. The van der Waals surface area contributed by atoms with Gasteiger partial charge >= 0.3 is 0 Å². The predicted octanol–water partition coefficient (Wildman–Crippen LogP) is 10.4. The first-order chi connectivity index (χ1) is 28.2. The van der Waals surface area contributed by atoms with Crippen LogP contribution in [0.5, 0.6) is 0 Å². The number of oxazole rings is 1. The Hall–Kier alpha value is -7.33. The van der Waals surface area contributed by atoms with Gasteiger partial charge in [0.2, 0.25) is 0 Å². The summed E-state index contributed by atoms with van der Waals surface area (Å²) in [6, 6.07) is 18.5. The van der Waals surface area contributed by atoms with Gasteiger partial charge < -0.3 is 14.4 Å². The lowest BCUT2D eigenvalue weighted by Crippen LogP contribution is -2.00. The van der Waals surface area contributed by atoms with Gasteiger partial charge in [0.05, 0.1) is 34.4 Å². The minimum Gasteiger partial charge on any atom is -0.443 e. The number of H-pyrrole nitrogens is 2. The summed E-state index contributed by atoms with van der Waals surface area (Å²) in [6.07, 6.45) is 9.83. The Morgan fingerprint density at radius 3 is 1.88 bits per heavy atom. The van der Waals surface area contributed by atoms with Crippen molar-refractivity contribution in [3.05, 3.63) is 138 Å². The summed E-state index contributed by atoms with van der Waals surface area (Å²) in [7, 11) is 0. The highest BCUT2D eigenvalue weighted by atomic mass is 32.1. The molecule has 16 heteroatoms. The first-order valence-corrected chi connectivity index (χ1v) is 18.6. The molecule has 0 bridgehead atoms. The number of nitrogens with zero attached hydrogens (tertiary/aromatic N) is 8. The third-order valence-electron chi connectivity index (χ3n) is 9.24. The Morgan fingerprint density at radius 2 is 1.31 bits per heavy atom. The van der Waals surface area contributed by atoms with Gasteiger partial charge in [-0.25, -0.2) is 47.2 Å². The molecule has 0 saturated carbocycles. The van der Waals surface area contributed by atoms with Crippen LogP contribution >= 0.6 is 11.3 Å². The summed E-state index contributed by atoms with van der Waals surface area (Å²) >= 11 is 1.48. The first kappa shape index (κ1) is 36.3. The van der Waals surface area contributed by atoms with Crippen molar-refractivity contribution in [1.82, 2.24) is 49.7 Å². The van der Waals surface area contributed by atoms with Crippen LogP contribution in [0.2, 0.25) is 0 Å². The average molecular weight is 797 g/mol. The second-order valence-electron chi connectivity index (χ2n) is 13.0. The number of aryl methyl sites for hydroxylation is 2. The molecule has 2 N–H and O–H groups in total. The molecule has 0 amide bonds. The normalized spacial score (nSPS) is 11.3. The van der Waals surface area contributed by atoms with Gasteiger partial charge in [-0.1, -0.05) is 12.1 Å². The van der Waals surface area contributed by atoms with E-state index in [1.807, 2.05) is 38.1 Å². The number of fused-ring (bicyclic) bond motifs is 2. The van der Waals surface area contributed by atoms with Crippen molar-refractivity contribution in [3.8, 4) is 67.4 Å². The molecule has 0 unspecified atom stereocenters. The van der Waals surface area contributed by atoms with E-state index in [0.717, 1.165) is 38.0 Å². The topological polar surface area (TPSA) is 140 Å². The van der Waals surface area contributed by atoms with Gasteiger partial charge in [-0.05, 0) is 74.5 Å². The highest BCUT2D eigenvalue weighted by molar-refractivity contribution is 7.15. The highest BCUT2D eigenvalue weighted by Gasteiger charge is 2.19. The fourth-order valence-electron chi connectivity index (χ4n) is 6.54. The van der Waals surface area contributed by atoms with Gasteiger partial charge in [0.1, 0.15) is 40.8 Å². The van der Waals surface area contributed by atoms with E-state index in [9.17, 15) is 17.6 Å². The van der Waals surface area contributed by atoms with E-state index in [4.69, 9.17) is 4.42 Å². The SMILES string of the molecule is CCn1nc(-c2cccnc2)nc1-c1cnc2[nH]c(-c3c(F)cccc3F)cc2c1.Cc1sc(-c2ncco2)nc1-c1cnc2[nH]c(-c3c(F)cccc3F)cc2c1. The number of hydrogen-bond donors (Lipinski definition) is 2. The first-order valence-electron chi connectivity index (χ1n) is 17.8. The van der Waals surface area contributed by atoms with Crippen molar-refractivity contribution < 1.29 is 22.0 Å². The summed E-state index contributed by atoms with van der Waals surface area (Å²) in [5.74, 6) is -0.821. The van der Waals surface area contributed by atoms with Crippen LogP contribution in [0.25, 0.3) is 89.5 Å². The fourth-order valence-corrected chi connectivity index (χ4v) is 7.42. The van der Waals surface area contributed by atoms with Gasteiger partial charge in [0, 0.05) is 63.7 Å². The Morgan fingerprint density at radius 1 is 0.690 bits per heavy atom. The molecule has 0 saturated heterocycles. The van der Waals surface area contributed by atoms with Crippen molar-refractivity contribution >= 4 is 33.4 Å². The monoisotopic (exact) mass is 796 g/mol. The van der Waals surface area contributed by atoms with Gasteiger partial charge in [-0.2, -0.15) is 5.10 Å². The minimum absolute atomic E-state index is 0.0990. The highest BCUT2D eigenvalue weighted by Crippen LogP contribution is 2.35. The maximum absolute atomic E-state index is 14.2. The van der Waals surface area contributed by atoms with E-state index in [2.05, 4.69) is 45.0 Å². The summed E-state index contributed by atoms with van der Waals surface area (Å²) in [5, 5.41) is 6.70. The number of aromatic nitrogens is 10. The van der Waals surface area contributed by atoms with Crippen LogP contribution < -0.4 is 0 Å². The molecular weight excluding hydrogens is 769 g/mol. The zero-order valence-corrected chi connectivity index (χ0v) is 31.3. The molecule has 0 aliphatic carbocycles. The van der Waals surface area contributed by atoms with Crippen molar-refractivity contribution in [2.24, 2.45) is 0 Å². The Labute approximate surface area is 330 Å². The smallest absolute Gasteiger partial charge is 0.255 e. The Bertz CT molecular complexity index is 3040. The standard InChI is InChI=1S/C22H16F2N6.C20H12F2N4OS/c1-2-30-22(28-21(29-30)13-5-4-8-25-11-13)15-9-14-10-18(27-20(14)26-12-15)19-16(23)6-3-7-17(19)24;1-10-17(26-20(28-10)19-23-5-6-27-19)12-7-11-8-15(25-18(11)24-9-12)16-13(21)3-2-4-14(16)22/h3-12H,2H2,1H3,(H,26,27);2-9H,1H3,(H,24,25). The lowest BCUT2D eigenvalue weighted by atomic mass is 10.1. The van der Waals surface area contributed by atoms with E-state index in [0.29, 0.717) is 51.8 Å². The lowest BCUT2D eigenvalue weighted by Gasteiger charge is -2.02. The lowest BCUT2D eigenvalue weighted by molar-refractivity contribution is 0.574. The number of rotatable bonds is 7. The van der Waals surface area contributed by atoms with Gasteiger partial charge in [-0.3, -0.25) is 4.98 Å². The number of thiazole rings is 1. The number of halogens is 4. The van der Waals surface area contributed by atoms with Crippen LogP contribution in [0.15, 0.2) is 114 Å². The number of aromatic amines is 2. The maximum Gasteiger partial charge on any atom is 0.255 e. The van der Waals surface area contributed by atoms with Crippen LogP contribution in [0.1, 0.15) is 11.8 Å². The zero-order valence-electron chi connectivity index (χ0n) is 30.5. The predicted molar refractivity (Wildman–Crippen MR) is 212 cm³/mol. The third-order valence-corrected chi connectivity index (χ3v) is 10.2. The molecule has 0 aliphatic heterocycles. The van der Waals surface area contributed by atoms with Crippen LogP contribution in [0.3, 0.4) is 0 Å². The minimum atomic E-state index is -0.631. The largest absolute Gasteiger partial charge is 0.443 e. The molecule has 10 aromatic rings. The van der Waals surface area contributed by atoms with Gasteiger partial charge in [0.25, 0.3) is 5.89 Å². The number of hydrogen-bond acceptors (Lipinski definition) is 9. The molecule has 0 atom stereocenters. The summed E-state index contributed by atoms with van der Waals surface area (Å²) in [4.78, 5) is 33.3. The second kappa shape index (κ2) is 15.0. The fraction of sp³-hybridized carbons (Fsp3) is 0.0714. The number of pyridine rings is 3. The average Bonchev–Trinajstić information content (AvgIpc) is 4.08. The molecule has 58 heavy (non-hydrogen) atoms. The van der Waals surface area contributed by atoms with Gasteiger partial charge in [-0.15, -0.1) is 11.3 Å². The van der Waals surface area contributed by atoms with Crippen molar-refractivity contribution in [2.75, 3.05) is 0 Å². The van der Waals surface area contributed by atoms with Crippen molar-refractivity contribution in [3.63, 3.8) is 0 Å². The van der Waals surface area contributed by atoms with Crippen LogP contribution in [0, 0.1) is 30.2 Å². The van der Waals surface area contributed by atoms with E-state index in [-0.39, 0.29) is 11.1 Å². The van der Waals surface area contributed by atoms with E-state index in [1.165, 1.54) is 54.0 Å². The van der Waals surface area contributed by atoms with E-state index >= 15 is 0 Å². The molecule has 8 aromatic heterocycles. The second-order valence-corrected chi connectivity index (χ2v) is 14.2. The maximum atomic E-state index is 14.2. The van der Waals surface area contributed by atoms with Crippen LogP contribution in [0.4, 0.5) is 17.6 Å². The third kappa shape index (κ3) is 6.79. The molecule has 11 nitrogen and oxygen atoms in total. The molecule has 286 valence electrons. The molecule has 0 radical (unpaired) electrons. The zero-order chi connectivity index (χ0) is 39.9. The number of nitrogens with one attached hydrogen (secondary N) is 2. The molecule has 8 heterocycles. The van der Waals surface area contributed by atoms with Crippen LogP contribution in [-0.4, -0.2) is 49.7 Å². The van der Waals surface area contributed by atoms with Crippen molar-refractivity contribution in [2.45, 2.75) is 20.4 Å². The van der Waals surface area contributed by atoms with Gasteiger partial charge in [0.15, 0.2) is 16.7 Å². The summed E-state index contributed by atoms with van der Waals surface area (Å²) < 4.78 is 63.6. The summed E-state index contributed by atoms with van der Waals surface area (Å²) in [6.45, 7) is 4.56. The molecule has 2 aromatic carbocycles. The van der Waals surface area contributed by atoms with E-state index < -0.39 is 23.3 Å². The molecule has 0 aliphatic rings. The number of benzene rings is 2. The molecular formula is C42H28F4N10OS. The van der Waals surface area contributed by atoms with Crippen LogP contribution in [-0.2, 0) is 6.54 Å².